The lowest BCUT2D eigenvalue weighted by Crippen LogP contribution is -2.30. The van der Waals surface area contributed by atoms with E-state index in [-0.39, 0.29) is 23.8 Å². The largest absolute Gasteiger partial charge is 0.507 e. The molecule has 0 unspecified atom stereocenters. The average molecular weight is 278 g/mol. The van der Waals surface area contributed by atoms with Crippen LogP contribution in [0.1, 0.15) is 22.8 Å². The summed E-state index contributed by atoms with van der Waals surface area (Å²) in [6.45, 7) is 1.89. The van der Waals surface area contributed by atoms with E-state index in [0.717, 1.165) is 0 Å². The summed E-state index contributed by atoms with van der Waals surface area (Å²) in [5.74, 6) is -1.16. The van der Waals surface area contributed by atoms with Gasteiger partial charge in [0.15, 0.2) is 0 Å². The number of rotatable bonds is 5. The third-order valence-corrected chi connectivity index (χ3v) is 2.49. The van der Waals surface area contributed by atoms with Gasteiger partial charge in [-0.3, -0.25) is 9.59 Å². The van der Waals surface area contributed by atoms with Gasteiger partial charge in [-0.15, -0.1) is 0 Å². The summed E-state index contributed by atoms with van der Waals surface area (Å²) in [7, 11) is 3.55. The fraction of sp³-hybridized carbons (Fsp3) is 0.308. The normalized spacial score (nSPS) is 11.5. The molecule has 1 aromatic carbocycles. The Labute approximate surface area is 117 Å². The number of carbonyl (C=O) groups is 2. The van der Waals surface area contributed by atoms with Gasteiger partial charge in [0.25, 0.3) is 11.8 Å². The molecular formula is C13H18N4O3. The van der Waals surface area contributed by atoms with E-state index in [2.05, 4.69) is 10.5 Å². The second-order valence-corrected chi connectivity index (χ2v) is 4.57. The second kappa shape index (κ2) is 6.67. The number of nitrogens with one attached hydrogen (secondary N) is 1. The van der Waals surface area contributed by atoms with Crippen molar-refractivity contribution in [1.82, 2.24) is 10.3 Å². The van der Waals surface area contributed by atoms with Gasteiger partial charge in [0.2, 0.25) is 0 Å². The van der Waals surface area contributed by atoms with Crippen molar-refractivity contribution in [3.8, 4) is 5.75 Å². The van der Waals surface area contributed by atoms with Gasteiger partial charge in [-0.05, 0) is 44.8 Å². The van der Waals surface area contributed by atoms with E-state index < -0.39 is 5.91 Å². The number of phenols is 1. The van der Waals surface area contributed by atoms with E-state index in [1.165, 1.54) is 12.1 Å². The van der Waals surface area contributed by atoms with Gasteiger partial charge in [0.1, 0.15) is 5.75 Å². The first-order valence-electron chi connectivity index (χ1n) is 5.92. The molecule has 0 aliphatic heterocycles. The molecule has 2 amide bonds. The SMILES string of the molecule is CC(=NNC(=O)CN(C)C)c1ccc(O)c(C(N)=O)c1. The minimum atomic E-state index is -0.728. The molecule has 0 saturated heterocycles. The molecule has 0 atom stereocenters. The molecule has 0 heterocycles. The standard InChI is InChI=1S/C13H18N4O3/c1-8(15-16-12(19)7-17(2)3)9-4-5-11(18)10(6-9)13(14)20/h4-6,18H,7H2,1-3H3,(H2,14,20)(H,16,19). The van der Waals surface area contributed by atoms with Crippen LogP contribution < -0.4 is 11.2 Å². The maximum atomic E-state index is 11.4. The molecule has 0 bridgehead atoms. The highest BCUT2D eigenvalue weighted by Crippen LogP contribution is 2.18. The predicted molar refractivity (Wildman–Crippen MR) is 75.5 cm³/mol. The molecule has 0 spiro atoms. The van der Waals surface area contributed by atoms with E-state index in [9.17, 15) is 14.7 Å². The van der Waals surface area contributed by atoms with Crippen molar-refractivity contribution in [2.45, 2.75) is 6.92 Å². The first-order chi connectivity index (χ1) is 9.31. The molecule has 0 fully saturated rings. The molecule has 1 rings (SSSR count). The van der Waals surface area contributed by atoms with Crippen LogP contribution in [0.2, 0.25) is 0 Å². The lowest BCUT2D eigenvalue weighted by atomic mass is 10.1. The molecule has 7 heteroatoms. The Hall–Kier alpha value is -2.41. The lowest BCUT2D eigenvalue weighted by molar-refractivity contribution is -0.121. The molecule has 4 N–H and O–H groups in total. The van der Waals surface area contributed by atoms with Crippen LogP contribution in [0, 0.1) is 0 Å². The Morgan fingerprint density at radius 3 is 2.60 bits per heavy atom. The van der Waals surface area contributed by atoms with Gasteiger partial charge in [0.05, 0.1) is 17.8 Å². The Balaban J connectivity index is 2.87. The van der Waals surface area contributed by atoms with Gasteiger partial charge < -0.3 is 15.7 Å². The van der Waals surface area contributed by atoms with Crippen LogP contribution in [0.3, 0.4) is 0 Å². The molecule has 7 nitrogen and oxygen atoms in total. The number of hydrogen-bond acceptors (Lipinski definition) is 5. The topological polar surface area (TPSA) is 108 Å². The van der Waals surface area contributed by atoms with Crippen LogP contribution >= 0.6 is 0 Å². The predicted octanol–water partition coefficient (Wildman–Crippen LogP) is -0.107. The van der Waals surface area contributed by atoms with Crippen LogP contribution in [0.4, 0.5) is 0 Å². The minimum absolute atomic E-state index is 0.0108. The second-order valence-electron chi connectivity index (χ2n) is 4.57. The zero-order valence-corrected chi connectivity index (χ0v) is 11.7. The number of carbonyl (C=O) groups excluding carboxylic acids is 2. The highest BCUT2D eigenvalue weighted by molar-refractivity contribution is 6.03. The summed E-state index contributed by atoms with van der Waals surface area (Å²) >= 11 is 0. The highest BCUT2D eigenvalue weighted by atomic mass is 16.3. The smallest absolute Gasteiger partial charge is 0.254 e. The molecule has 0 aliphatic carbocycles. The molecular weight excluding hydrogens is 260 g/mol. The Bertz CT molecular complexity index is 553. The zero-order valence-electron chi connectivity index (χ0n) is 11.7. The number of benzene rings is 1. The summed E-state index contributed by atoms with van der Waals surface area (Å²) in [6, 6.07) is 4.36. The number of nitrogens with two attached hydrogens (primary N) is 1. The summed E-state index contributed by atoms with van der Waals surface area (Å²) in [4.78, 5) is 24.3. The summed E-state index contributed by atoms with van der Waals surface area (Å²) < 4.78 is 0. The van der Waals surface area contributed by atoms with Crippen LogP contribution in [0.25, 0.3) is 0 Å². The third kappa shape index (κ3) is 4.36. The van der Waals surface area contributed by atoms with Gasteiger partial charge >= 0.3 is 0 Å². The van der Waals surface area contributed by atoms with Gasteiger partial charge in [0, 0.05) is 0 Å². The third-order valence-electron chi connectivity index (χ3n) is 2.49. The molecule has 108 valence electrons. The van der Waals surface area contributed by atoms with Crippen molar-refractivity contribution in [2.75, 3.05) is 20.6 Å². The Kier molecular flexibility index (Phi) is 5.22. The number of hydrogen-bond donors (Lipinski definition) is 3. The molecule has 1 aromatic rings. The summed E-state index contributed by atoms with van der Waals surface area (Å²) in [5, 5.41) is 13.4. The summed E-state index contributed by atoms with van der Waals surface area (Å²) in [5.41, 5.74) is 8.65. The van der Waals surface area contributed by atoms with E-state index in [1.54, 1.807) is 32.0 Å². The van der Waals surface area contributed by atoms with Crippen molar-refractivity contribution in [3.05, 3.63) is 29.3 Å². The van der Waals surface area contributed by atoms with Crippen LogP contribution in [0.15, 0.2) is 23.3 Å². The number of amides is 2. The van der Waals surface area contributed by atoms with E-state index in [4.69, 9.17) is 5.73 Å². The first kappa shape index (κ1) is 15.6. The van der Waals surface area contributed by atoms with E-state index in [0.29, 0.717) is 11.3 Å². The summed E-state index contributed by atoms with van der Waals surface area (Å²) in [6.07, 6.45) is 0. The Morgan fingerprint density at radius 1 is 1.40 bits per heavy atom. The molecule has 0 aliphatic rings. The van der Waals surface area contributed by atoms with Gasteiger partial charge in [-0.25, -0.2) is 5.43 Å². The van der Waals surface area contributed by atoms with Gasteiger partial charge in [-0.2, -0.15) is 5.10 Å². The van der Waals surface area contributed by atoms with Gasteiger partial charge in [-0.1, -0.05) is 0 Å². The molecule has 0 aromatic heterocycles. The van der Waals surface area contributed by atoms with Crippen molar-refractivity contribution < 1.29 is 14.7 Å². The van der Waals surface area contributed by atoms with Crippen molar-refractivity contribution in [3.63, 3.8) is 0 Å². The average Bonchev–Trinajstić information content (AvgIpc) is 2.35. The number of likely N-dealkylation sites (N-methyl/N-ethyl adjacent to an activating group) is 1. The lowest BCUT2D eigenvalue weighted by Gasteiger charge is -2.08. The molecule has 0 saturated carbocycles. The maximum Gasteiger partial charge on any atom is 0.254 e. The van der Waals surface area contributed by atoms with E-state index >= 15 is 0 Å². The zero-order chi connectivity index (χ0) is 15.3. The molecule has 0 radical (unpaired) electrons. The maximum absolute atomic E-state index is 11.4. The van der Waals surface area contributed by atoms with Crippen molar-refractivity contribution in [1.29, 1.82) is 0 Å². The number of hydrazone groups is 1. The Morgan fingerprint density at radius 2 is 2.05 bits per heavy atom. The highest BCUT2D eigenvalue weighted by Gasteiger charge is 2.10. The minimum Gasteiger partial charge on any atom is -0.507 e. The van der Waals surface area contributed by atoms with Crippen LogP contribution in [-0.2, 0) is 4.79 Å². The quantitative estimate of drug-likeness (QED) is 0.516. The van der Waals surface area contributed by atoms with Crippen LogP contribution in [0.5, 0.6) is 5.75 Å². The number of primary amides is 1. The fourth-order valence-electron chi connectivity index (χ4n) is 1.49. The first-order valence-corrected chi connectivity index (χ1v) is 5.92. The van der Waals surface area contributed by atoms with Crippen molar-refractivity contribution >= 4 is 17.5 Å². The van der Waals surface area contributed by atoms with Crippen molar-refractivity contribution in [2.24, 2.45) is 10.8 Å². The number of nitrogens with zero attached hydrogens (tertiary/aromatic N) is 2. The van der Waals surface area contributed by atoms with Crippen LogP contribution in [-0.4, -0.2) is 48.2 Å². The monoisotopic (exact) mass is 278 g/mol. The fourth-order valence-corrected chi connectivity index (χ4v) is 1.49. The van der Waals surface area contributed by atoms with E-state index in [1.807, 2.05) is 0 Å². The number of aromatic hydroxyl groups is 1. The molecule has 20 heavy (non-hydrogen) atoms.